The van der Waals surface area contributed by atoms with Crippen molar-refractivity contribution in [3.63, 3.8) is 0 Å². The zero-order valence-corrected chi connectivity index (χ0v) is 18.2. The molecule has 0 heterocycles. The summed E-state index contributed by atoms with van der Waals surface area (Å²) < 4.78 is 10.8. The zero-order valence-electron chi connectivity index (χ0n) is 18.2. The Kier molecular flexibility index (Phi) is 17.2. The van der Waals surface area contributed by atoms with Gasteiger partial charge in [-0.2, -0.15) is 0 Å². The topological polar surface area (TPSA) is 52.6 Å². The van der Waals surface area contributed by atoms with Crippen molar-refractivity contribution in [1.29, 1.82) is 0 Å². The van der Waals surface area contributed by atoms with Crippen LogP contribution < -0.4 is 0 Å². The average molecular weight is 383 g/mol. The summed E-state index contributed by atoms with van der Waals surface area (Å²) in [5, 5.41) is 0. The molecule has 0 fully saturated rings. The molecule has 0 aromatic carbocycles. The summed E-state index contributed by atoms with van der Waals surface area (Å²) in [6.07, 6.45) is 12.6. The average Bonchev–Trinajstić information content (AvgIpc) is 2.68. The van der Waals surface area contributed by atoms with Gasteiger partial charge in [0.2, 0.25) is 0 Å². The molecule has 0 saturated heterocycles. The fourth-order valence-corrected chi connectivity index (χ4v) is 2.95. The van der Waals surface area contributed by atoms with Crippen LogP contribution in [0.4, 0.5) is 0 Å². The van der Waals surface area contributed by atoms with Gasteiger partial charge in [0.25, 0.3) is 0 Å². The van der Waals surface area contributed by atoms with E-state index in [1.807, 2.05) is 13.8 Å². The minimum Gasteiger partial charge on any atom is -0.462 e. The minimum atomic E-state index is -0.328. The van der Waals surface area contributed by atoms with Gasteiger partial charge in [-0.05, 0) is 38.5 Å². The van der Waals surface area contributed by atoms with Gasteiger partial charge in [0.15, 0.2) is 0 Å². The smallest absolute Gasteiger partial charge is 0.334 e. The zero-order chi connectivity index (χ0) is 20.3. The summed E-state index contributed by atoms with van der Waals surface area (Å²) in [5.41, 5.74) is 1.11. The largest absolute Gasteiger partial charge is 0.462 e. The van der Waals surface area contributed by atoms with Gasteiger partial charge in [0.1, 0.15) is 0 Å². The Balaban J connectivity index is 5.28. The number of hydrogen-bond acceptors (Lipinski definition) is 4. The SMILES string of the molecule is CCCCCCC/C(C(=O)OCCC)=C(\CCCCCC)C(=O)OCCC. The first-order chi connectivity index (χ1) is 13.1. The molecule has 4 nitrogen and oxygen atoms in total. The highest BCUT2D eigenvalue weighted by atomic mass is 16.5. The standard InChI is InChI=1S/C23H42O4/c1-5-9-11-13-15-17-21(23(25)27-19-8-4)20(16-14-12-10-6-2)22(24)26-18-7-3/h5-19H2,1-4H3/b21-20-. The molecule has 0 aromatic rings. The lowest BCUT2D eigenvalue weighted by atomic mass is 9.96. The molecule has 4 heteroatoms. The van der Waals surface area contributed by atoms with Crippen LogP contribution in [0.1, 0.15) is 111 Å². The second-order valence-electron chi connectivity index (χ2n) is 7.20. The minimum absolute atomic E-state index is 0.328. The van der Waals surface area contributed by atoms with Crippen LogP contribution in [0.25, 0.3) is 0 Å². The summed E-state index contributed by atoms with van der Waals surface area (Å²) in [6.45, 7) is 9.09. The number of hydrogen-bond donors (Lipinski definition) is 0. The van der Waals surface area contributed by atoms with E-state index in [4.69, 9.17) is 9.47 Å². The van der Waals surface area contributed by atoms with Crippen LogP contribution in [0, 0.1) is 0 Å². The van der Waals surface area contributed by atoms with Gasteiger partial charge in [0.05, 0.1) is 13.2 Å². The van der Waals surface area contributed by atoms with Gasteiger partial charge in [-0.25, -0.2) is 9.59 Å². The Bertz CT molecular complexity index is 426. The van der Waals surface area contributed by atoms with Crippen molar-refractivity contribution in [2.24, 2.45) is 0 Å². The molecule has 0 unspecified atom stereocenters. The van der Waals surface area contributed by atoms with Crippen molar-refractivity contribution in [3.8, 4) is 0 Å². The number of ether oxygens (including phenoxy) is 2. The van der Waals surface area contributed by atoms with Crippen molar-refractivity contribution in [1.82, 2.24) is 0 Å². The van der Waals surface area contributed by atoms with E-state index in [0.717, 1.165) is 51.4 Å². The van der Waals surface area contributed by atoms with E-state index in [0.29, 0.717) is 37.2 Å². The van der Waals surface area contributed by atoms with Gasteiger partial charge in [0, 0.05) is 11.1 Å². The second-order valence-corrected chi connectivity index (χ2v) is 7.20. The van der Waals surface area contributed by atoms with Crippen molar-refractivity contribution in [3.05, 3.63) is 11.1 Å². The molecular weight excluding hydrogens is 340 g/mol. The Labute approximate surface area is 167 Å². The molecule has 0 saturated carbocycles. The van der Waals surface area contributed by atoms with Gasteiger partial charge < -0.3 is 9.47 Å². The van der Waals surface area contributed by atoms with E-state index in [9.17, 15) is 9.59 Å². The molecule has 0 aliphatic rings. The van der Waals surface area contributed by atoms with Crippen molar-refractivity contribution >= 4 is 11.9 Å². The Morgan fingerprint density at radius 1 is 0.519 bits per heavy atom. The molecule has 0 aliphatic heterocycles. The monoisotopic (exact) mass is 382 g/mol. The highest BCUT2D eigenvalue weighted by Gasteiger charge is 2.22. The molecule has 0 amide bonds. The van der Waals surface area contributed by atoms with Gasteiger partial charge in [-0.3, -0.25) is 0 Å². The third-order valence-electron chi connectivity index (χ3n) is 4.54. The Morgan fingerprint density at radius 3 is 1.26 bits per heavy atom. The second kappa shape index (κ2) is 18.1. The summed E-state index contributed by atoms with van der Waals surface area (Å²) in [7, 11) is 0. The van der Waals surface area contributed by atoms with Crippen molar-refractivity contribution in [2.45, 2.75) is 111 Å². The summed E-state index contributed by atoms with van der Waals surface area (Å²) in [6, 6.07) is 0. The number of esters is 2. The lowest BCUT2D eigenvalue weighted by Crippen LogP contribution is -2.18. The predicted molar refractivity (Wildman–Crippen MR) is 112 cm³/mol. The van der Waals surface area contributed by atoms with Crippen molar-refractivity contribution < 1.29 is 19.1 Å². The third-order valence-corrected chi connectivity index (χ3v) is 4.54. The van der Waals surface area contributed by atoms with Crippen LogP contribution >= 0.6 is 0 Å². The fraction of sp³-hybridized carbons (Fsp3) is 0.826. The normalized spacial score (nSPS) is 11.9. The van der Waals surface area contributed by atoms with E-state index in [1.54, 1.807) is 0 Å². The van der Waals surface area contributed by atoms with E-state index in [1.165, 1.54) is 19.3 Å². The fourth-order valence-electron chi connectivity index (χ4n) is 2.95. The lowest BCUT2D eigenvalue weighted by molar-refractivity contribution is -0.142. The molecule has 158 valence electrons. The van der Waals surface area contributed by atoms with E-state index in [2.05, 4.69) is 13.8 Å². The molecule has 0 bridgehead atoms. The van der Waals surface area contributed by atoms with Crippen LogP contribution in [-0.4, -0.2) is 25.2 Å². The van der Waals surface area contributed by atoms with Gasteiger partial charge >= 0.3 is 11.9 Å². The summed E-state index contributed by atoms with van der Waals surface area (Å²) in [4.78, 5) is 25.3. The maximum absolute atomic E-state index is 12.6. The maximum Gasteiger partial charge on any atom is 0.334 e. The van der Waals surface area contributed by atoms with Crippen LogP contribution in [-0.2, 0) is 19.1 Å². The Morgan fingerprint density at radius 2 is 0.889 bits per heavy atom. The third kappa shape index (κ3) is 12.6. The molecule has 0 rings (SSSR count). The first kappa shape index (κ1) is 25.7. The number of carbonyl (C=O) groups is 2. The van der Waals surface area contributed by atoms with Gasteiger partial charge in [-0.1, -0.05) is 72.6 Å². The predicted octanol–water partition coefficient (Wildman–Crippen LogP) is 6.52. The lowest BCUT2D eigenvalue weighted by Gasteiger charge is -2.15. The van der Waals surface area contributed by atoms with Crippen LogP contribution in [0.3, 0.4) is 0 Å². The van der Waals surface area contributed by atoms with Crippen molar-refractivity contribution in [2.75, 3.05) is 13.2 Å². The molecule has 0 radical (unpaired) electrons. The molecule has 0 aromatic heterocycles. The van der Waals surface area contributed by atoms with E-state index in [-0.39, 0.29) is 11.9 Å². The Hall–Kier alpha value is -1.32. The van der Waals surface area contributed by atoms with Crippen LogP contribution in [0.2, 0.25) is 0 Å². The molecule has 27 heavy (non-hydrogen) atoms. The molecule has 0 atom stereocenters. The van der Waals surface area contributed by atoms with Crippen LogP contribution in [0.15, 0.2) is 11.1 Å². The van der Waals surface area contributed by atoms with Gasteiger partial charge in [-0.15, -0.1) is 0 Å². The first-order valence-corrected chi connectivity index (χ1v) is 11.2. The highest BCUT2D eigenvalue weighted by Crippen LogP contribution is 2.23. The molecular formula is C23H42O4. The molecule has 0 aliphatic carbocycles. The molecule has 0 spiro atoms. The first-order valence-electron chi connectivity index (χ1n) is 11.2. The number of carbonyl (C=O) groups excluding carboxylic acids is 2. The van der Waals surface area contributed by atoms with Crippen LogP contribution in [0.5, 0.6) is 0 Å². The van der Waals surface area contributed by atoms with E-state index < -0.39 is 0 Å². The highest BCUT2D eigenvalue weighted by molar-refractivity contribution is 6.00. The number of rotatable bonds is 17. The molecule has 0 N–H and O–H groups in total. The summed E-state index contributed by atoms with van der Waals surface area (Å²) >= 11 is 0. The summed E-state index contributed by atoms with van der Waals surface area (Å²) in [5.74, 6) is -0.656. The quantitative estimate of drug-likeness (QED) is 0.163. The van der Waals surface area contributed by atoms with E-state index >= 15 is 0 Å². The number of unbranched alkanes of at least 4 members (excludes halogenated alkanes) is 7. The maximum atomic E-state index is 12.6.